The molecular formula is C14H15F5NO5P. The largest absolute Gasteiger partial charge is 0.481 e. The second kappa shape index (κ2) is 8.59. The highest BCUT2D eigenvalue weighted by Crippen LogP contribution is 2.44. The maximum atomic E-state index is 13.5. The quantitative estimate of drug-likeness (QED) is 0.253. The molecule has 0 aliphatic heterocycles. The fraction of sp³-hybridized carbons (Fsp3) is 0.429. The SMILES string of the molecule is NC(=O)CCC(CP(=O)(O)CCc1c(F)c(F)c(F)c(F)c1F)C(=O)O. The number of rotatable bonds is 9. The molecule has 0 radical (unpaired) electrons. The van der Waals surface area contributed by atoms with Gasteiger partial charge in [0.1, 0.15) is 0 Å². The third-order valence-electron chi connectivity index (χ3n) is 3.61. The molecule has 0 saturated heterocycles. The van der Waals surface area contributed by atoms with Crippen molar-refractivity contribution in [3.8, 4) is 0 Å². The molecule has 0 saturated carbocycles. The van der Waals surface area contributed by atoms with E-state index in [0.29, 0.717) is 0 Å². The third-order valence-corrected chi connectivity index (χ3v) is 5.54. The number of carbonyl (C=O) groups is 2. The molecule has 0 aliphatic rings. The summed E-state index contributed by atoms with van der Waals surface area (Å²) in [6, 6.07) is 0. The van der Waals surface area contributed by atoms with Crippen LogP contribution in [0.15, 0.2) is 0 Å². The second-order valence-corrected chi connectivity index (χ2v) is 8.10. The highest BCUT2D eigenvalue weighted by atomic mass is 31.2. The van der Waals surface area contributed by atoms with Gasteiger partial charge in [-0.1, -0.05) is 0 Å². The molecule has 146 valence electrons. The van der Waals surface area contributed by atoms with Gasteiger partial charge in [-0.05, 0) is 12.8 Å². The van der Waals surface area contributed by atoms with E-state index in [2.05, 4.69) is 0 Å². The van der Waals surface area contributed by atoms with Crippen molar-refractivity contribution in [3.63, 3.8) is 0 Å². The predicted molar refractivity (Wildman–Crippen MR) is 79.0 cm³/mol. The standard InChI is InChI=1S/C14H15F5NO5P/c15-9-7(10(16)12(18)13(19)11(9)17)3-4-26(24,25)5-6(14(22)23)1-2-8(20)21/h6H,1-5H2,(H2,20,21)(H,22,23)(H,24,25). The van der Waals surface area contributed by atoms with Crippen LogP contribution in [0.25, 0.3) is 0 Å². The highest BCUT2D eigenvalue weighted by molar-refractivity contribution is 7.58. The van der Waals surface area contributed by atoms with E-state index in [1.807, 2.05) is 0 Å². The Morgan fingerprint density at radius 1 is 1.00 bits per heavy atom. The van der Waals surface area contributed by atoms with Crippen molar-refractivity contribution < 1.29 is 46.1 Å². The van der Waals surface area contributed by atoms with Crippen LogP contribution in [0.1, 0.15) is 18.4 Å². The summed E-state index contributed by atoms with van der Waals surface area (Å²) in [6.45, 7) is 0. The molecule has 6 nitrogen and oxygen atoms in total. The molecule has 2 atom stereocenters. The lowest BCUT2D eigenvalue weighted by Crippen LogP contribution is -2.22. The molecule has 0 heterocycles. The maximum Gasteiger partial charge on any atom is 0.307 e. The predicted octanol–water partition coefficient (Wildman–Crippen LogP) is 2.16. The van der Waals surface area contributed by atoms with Gasteiger partial charge in [-0.15, -0.1) is 0 Å². The van der Waals surface area contributed by atoms with Gasteiger partial charge in [-0.25, -0.2) is 22.0 Å². The van der Waals surface area contributed by atoms with Crippen LogP contribution in [0.5, 0.6) is 0 Å². The number of nitrogens with two attached hydrogens (primary N) is 1. The molecular weight excluding hydrogens is 388 g/mol. The Kier molecular flexibility index (Phi) is 7.28. The number of halogens is 5. The normalized spacial score (nSPS) is 14.7. The molecule has 0 bridgehead atoms. The number of carbonyl (C=O) groups excluding carboxylic acids is 1. The van der Waals surface area contributed by atoms with E-state index in [0.717, 1.165) is 0 Å². The summed E-state index contributed by atoms with van der Waals surface area (Å²) in [7, 11) is -4.31. The van der Waals surface area contributed by atoms with Gasteiger partial charge in [0.25, 0.3) is 0 Å². The first-order chi connectivity index (χ1) is 11.9. The van der Waals surface area contributed by atoms with E-state index in [9.17, 15) is 41.0 Å². The fourth-order valence-electron chi connectivity index (χ4n) is 2.20. The number of carboxylic acid groups (broad SMARTS) is 1. The van der Waals surface area contributed by atoms with Gasteiger partial charge in [0.15, 0.2) is 23.3 Å². The van der Waals surface area contributed by atoms with Gasteiger partial charge in [-0.3, -0.25) is 14.2 Å². The zero-order chi connectivity index (χ0) is 20.2. The van der Waals surface area contributed by atoms with Crippen LogP contribution in [0.2, 0.25) is 0 Å². The zero-order valence-electron chi connectivity index (χ0n) is 13.1. The number of aliphatic carboxylic acids is 1. The lowest BCUT2D eigenvalue weighted by molar-refractivity contribution is -0.141. The number of hydrogen-bond acceptors (Lipinski definition) is 3. The van der Waals surface area contributed by atoms with Crippen LogP contribution in [-0.4, -0.2) is 34.2 Å². The van der Waals surface area contributed by atoms with E-state index in [-0.39, 0.29) is 12.8 Å². The van der Waals surface area contributed by atoms with Gasteiger partial charge in [0, 0.05) is 24.3 Å². The van der Waals surface area contributed by atoms with Crippen molar-refractivity contribution in [3.05, 3.63) is 34.6 Å². The molecule has 1 aromatic carbocycles. The van der Waals surface area contributed by atoms with Crippen LogP contribution in [0, 0.1) is 35.0 Å². The molecule has 4 N–H and O–H groups in total. The summed E-state index contributed by atoms with van der Waals surface area (Å²) in [5.41, 5.74) is 3.60. The minimum Gasteiger partial charge on any atom is -0.481 e. The smallest absolute Gasteiger partial charge is 0.307 e. The Bertz CT molecular complexity index is 744. The van der Waals surface area contributed by atoms with Gasteiger partial charge in [0.05, 0.1) is 5.92 Å². The zero-order valence-corrected chi connectivity index (χ0v) is 14.0. The average molecular weight is 403 g/mol. The van der Waals surface area contributed by atoms with E-state index >= 15 is 0 Å². The third kappa shape index (κ3) is 5.50. The summed E-state index contributed by atoms with van der Waals surface area (Å²) in [4.78, 5) is 31.5. The molecule has 0 aliphatic carbocycles. The molecule has 0 spiro atoms. The van der Waals surface area contributed by atoms with Crippen LogP contribution in [-0.2, 0) is 20.6 Å². The summed E-state index contributed by atoms with van der Waals surface area (Å²) in [5, 5.41) is 8.98. The topological polar surface area (TPSA) is 118 Å². The van der Waals surface area contributed by atoms with Crippen LogP contribution < -0.4 is 5.73 Å². The number of benzene rings is 1. The van der Waals surface area contributed by atoms with Crippen molar-refractivity contribution in [1.82, 2.24) is 0 Å². The monoisotopic (exact) mass is 403 g/mol. The number of amides is 1. The van der Waals surface area contributed by atoms with Crippen LogP contribution >= 0.6 is 7.37 Å². The van der Waals surface area contributed by atoms with Gasteiger partial charge in [-0.2, -0.15) is 0 Å². The van der Waals surface area contributed by atoms with E-state index in [1.54, 1.807) is 0 Å². The second-order valence-electron chi connectivity index (χ2n) is 5.59. The van der Waals surface area contributed by atoms with Gasteiger partial charge >= 0.3 is 5.97 Å². The van der Waals surface area contributed by atoms with Crippen molar-refractivity contribution >= 4 is 19.2 Å². The first kappa shape index (κ1) is 22.0. The number of carboxylic acids is 1. The minimum absolute atomic E-state index is 0.336. The molecule has 0 aromatic heterocycles. The molecule has 0 fully saturated rings. The van der Waals surface area contributed by atoms with Crippen LogP contribution in [0.3, 0.4) is 0 Å². The van der Waals surface area contributed by atoms with Crippen molar-refractivity contribution in [2.45, 2.75) is 19.3 Å². The molecule has 1 amide bonds. The molecule has 1 aromatic rings. The Morgan fingerprint density at radius 2 is 1.46 bits per heavy atom. The molecule has 26 heavy (non-hydrogen) atoms. The van der Waals surface area contributed by atoms with Crippen molar-refractivity contribution in [1.29, 1.82) is 0 Å². The Balaban J connectivity index is 2.93. The van der Waals surface area contributed by atoms with Gasteiger partial charge in [0.2, 0.25) is 19.1 Å². The highest BCUT2D eigenvalue weighted by Gasteiger charge is 2.31. The maximum absolute atomic E-state index is 13.5. The fourth-order valence-corrected chi connectivity index (χ4v) is 3.98. The molecule has 1 rings (SSSR count). The van der Waals surface area contributed by atoms with Gasteiger partial charge < -0.3 is 15.7 Å². The van der Waals surface area contributed by atoms with Crippen LogP contribution in [0.4, 0.5) is 22.0 Å². The van der Waals surface area contributed by atoms with E-state index in [1.165, 1.54) is 0 Å². The number of hydrogen-bond donors (Lipinski definition) is 3. The first-order valence-electron chi connectivity index (χ1n) is 7.19. The average Bonchev–Trinajstić information content (AvgIpc) is 2.54. The number of primary amides is 1. The Labute approximate surface area is 144 Å². The summed E-state index contributed by atoms with van der Waals surface area (Å²) in [6.07, 6.45) is -3.43. The lowest BCUT2D eigenvalue weighted by atomic mass is 10.1. The van der Waals surface area contributed by atoms with E-state index < -0.39 is 78.6 Å². The first-order valence-corrected chi connectivity index (χ1v) is 9.22. The Morgan fingerprint density at radius 3 is 1.88 bits per heavy atom. The lowest BCUT2D eigenvalue weighted by Gasteiger charge is -2.17. The molecule has 2 unspecified atom stereocenters. The summed E-state index contributed by atoms with van der Waals surface area (Å²) < 4.78 is 78.3. The Hall–Kier alpha value is -2.00. The molecule has 12 heteroatoms. The minimum atomic E-state index is -4.31. The van der Waals surface area contributed by atoms with E-state index in [4.69, 9.17) is 10.8 Å². The summed E-state index contributed by atoms with van der Waals surface area (Å²) >= 11 is 0. The van der Waals surface area contributed by atoms with Crippen molar-refractivity contribution in [2.24, 2.45) is 11.7 Å². The van der Waals surface area contributed by atoms with Crippen molar-refractivity contribution in [2.75, 3.05) is 12.3 Å². The summed E-state index contributed by atoms with van der Waals surface area (Å²) in [5.74, 6) is -14.7.